The molecule has 3 N–H and O–H groups in total. The van der Waals surface area contributed by atoms with Crippen molar-refractivity contribution in [2.45, 2.75) is 12.5 Å². The van der Waals surface area contributed by atoms with Crippen molar-refractivity contribution in [2.24, 2.45) is 5.84 Å². The maximum Gasteiger partial charge on any atom is 0.128 e. The summed E-state index contributed by atoms with van der Waals surface area (Å²) >= 11 is 5.79. The second kappa shape index (κ2) is 6.26. The van der Waals surface area contributed by atoms with E-state index < -0.39 is 23.5 Å². The van der Waals surface area contributed by atoms with Crippen LogP contribution in [-0.4, -0.2) is 0 Å². The molecule has 0 heterocycles. The molecule has 0 saturated carbocycles. The Morgan fingerprint density at radius 2 is 1.75 bits per heavy atom. The van der Waals surface area contributed by atoms with Gasteiger partial charge in [0.2, 0.25) is 0 Å². The summed E-state index contributed by atoms with van der Waals surface area (Å²) in [4.78, 5) is 0. The zero-order valence-electron chi connectivity index (χ0n) is 10.3. The van der Waals surface area contributed by atoms with Gasteiger partial charge in [0.25, 0.3) is 0 Å². The lowest BCUT2D eigenvalue weighted by Crippen LogP contribution is -2.30. The quantitative estimate of drug-likeness (QED) is 0.670. The minimum Gasteiger partial charge on any atom is -0.271 e. The Hall–Kier alpha value is -1.56. The van der Waals surface area contributed by atoms with Crippen molar-refractivity contribution in [2.75, 3.05) is 0 Å². The first kappa shape index (κ1) is 14.8. The maximum atomic E-state index is 13.7. The van der Waals surface area contributed by atoms with Crippen LogP contribution in [0.25, 0.3) is 0 Å². The average Bonchev–Trinajstić information content (AvgIpc) is 2.42. The first-order valence-electron chi connectivity index (χ1n) is 5.86. The van der Waals surface area contributed by atoms with Crippen molar-refractivity contribution < 1.29 is 13.2 Å². The standard InChI is InChI=1S/C14H12ClF3N2/c15-9-1-3-12(17)8(5-9)6-14(20-19)11-7-10(16)2-4-13(11)18/h1-5,7,14,20H,6,19H2. The summed E-state index contributed by atoms with van der Waals surface area (Å²) in [6.45, 7) is 0. The van der Waals surface area contributed by atoms with Crippen LogP contribution in [0.15, 0.2) is 36.4 Å². The Morgan fingerprint density at radius 1 is 1.05 bits per heavy atom. The van der Waals surface area contributed by atoms with Crippen molar-refractivity contribution in [1.29, 1.82) is 0 Å². The second-order valence-corrected chi connectivity index (χ2v) is 4.76. The molecule has 2 rings (SSSR count). The molecular weight excluding hydrogens is 289 g/mol. The summed E-state index contributed by atoms with van der Waals surface area (Å²) in [7, 11) is 0. The number of nitrogens with one attached hydrogen (secondary N) is 1. The smallest absolute Gasteiger partial charge is 0.128 e. The van der Waals surface area contributed by atoms with Crippen LogP contribution in [0, 0.1) is 17.5 Å². The molecule has 2 aromatic carbocycles. The highest BCUT2D eigenvalue weighted by Gasteiger charge is 2.18. The summed E-state index contributed by atoms with van der Waals surface area (Å²) in [6, 6.07) is 6.33. The van der Waals surface area contributed by atoms with Crippen LogP contribution in [0.4, 0.5) is 13.2 Å². The Bertz CT molecular complexity index is 619. The van der Waals surface area contributed by atoms with Gasteiger partial charge in [0.15, 0.2) is 0 Å². The molecule has 106 valence electrons. The Labute approximate surface area is 119 Å². The molecule has 0 aliphatic rings. The molecule has 20 heavy (non-hydrogen) atoms. The molecule has 0 saturated heterocycles. The van der Waals surface area contributed by atoms with Gasteiger partial charge in [0.1, 0.15) is 17.5 Å². The highest BCUT2D eigenvalue weighted by Crippen LogP contribution is 2.24. The third kappa shape index (κ3) is 3.30. The largest absolute Gasteiger partial charge is 0.271 e. The Kier molecular flexibility index (Phi) is 4.65. The van der Waals surface area contributed by atoms with Gasteiger partial charge in [-0.25, -0.2) is 13.2 Å². The molecule has 0 spiro atoms. The van der Waals surface area contributed by atoms with E-state index in [4.69, 9.17) is 17.4 Å². The number of hydrogen-bond donors (Lipinski definition) is 2. The number of benzene rings is 2. The zero-order chi connectivity index (χ0) is 14.7. The van der Waals surface area contributed by atoms with E-state index in [-0.39, 0.29) is 17.5 Å². The lowest BCUT2D eigenvalue weighted by atomic mass is 9.98. The third-order valence-electron chi connectivity index (χ3n) is 2.97. The minimum absolute atomic E-state index is 0.0341. The minimum atomic E-state index is -0.765. The van der Waals surface area contributed by atoms with Crippen LogP contribution < -0.4 is 11.3 Å². The van der Waals surface area contributed by atoms with E-state index in [9.17, 15) is 13.2 Å². The average molecular weight is 301 g/mol. The molecule has 0 aliphatic heterocycles. The third-order valence-corrected chi connectivity index (χ3v) is 3.20. The van der Waals surface area contributed by atoms with Gasteiger partial charge in [0, 0.05) is 10.6 Å². The van der Waals surface area contributed by atoms with Crippen molar-refractivity contribution >= 4 is 11.6 Å². The number of rotatable bonds is 4. The zero-order valence-corrected chi connectivity index (χ0v) is 11.1. The number of hydrazine groups is 1. The van der Waals surface area contributed by atoms with Crippen LogP contribution in [-0.2, 0) is 6.42 Å². The number of halogens is 4. The molecule has 2 nitrogen and oxygen atoms in total. The maximum absolute atomic E-state index is 13.7. The molecule has 0 radical (unpaired) electrons. The highest BCUT2D eigenvalue weighted by atomic mass is 35.5. The monoisotopic (exact) mass is 300 g/mol. The molecule has 0 aromatic heterocycles. The molecule has 1 unspecified atom stereocenters. The molecule has 0 fully saturated rings. The SMILES string of the molecule is NNC(Cc1cc(Cl)ccc1F)c1cc(F)ccc1F. The fourth-order valence-corrected chi connectivity index (χ4v) is 2.15. The van der Waals surface area contributed by atoms with Gasteiger partial charge >= 0.3 is 0 Å². The fourth-order valence-electron chi connectivity index (χ4n) is 1.96. The summed E-state index contributed by atoms with van der Waals surface area (Å²) < 4.78 is 40.6. The van der Waals surface area contributed by atoms with Crippen molar-refractivity contribution in [3.05, 3.63) is 70.0 Å². The van der Waals surface area contributed by atoms with Crippen LogP contribution in [0.3, 0.4) is 0 Å². The van der Waals surface area contributed by atoms with E-state index in [0.29, 0.717) is 5.02 Å². The van der Waals surface area contributed by atoms with E-state index in [1.807, 2.05) is 0 Å². The lowest BCUT2D eigenvalue weighted by Gasteiger charge is -2.17. The Morgan fingerprint density at radius 3 is 2.45 bits per heavy atom. The number of nitrogens with two attached hydrogens (primary N) is 1. The first-order valence-corrected chi connectivity index (χ1v) is 6.24. The normalized spacial score (nSPS) is 12.4. The van der Waals surface area contributed by atoms with E-state index >= 15 is 0 Å². The second-order valence-electron chi connectivity index (χ2n) is 4.32. The van der Waals surface area contributed by atoms with Crippen LogP contribution in [0.1, 0.15) is 17.2 Å². The molecule has 0 bridgehead atoms. The first-order chi connectivity index (χ1) is 9.51. The van der Waals surface area contributed by atoms with E-state index in [2.05, 4.69) is 5.43 Å². The van der Waals surface area contributed by atoms with E-state index in [0.717, 1.165) is 18.2 Å². The topological polar surface area (TPSA) is 38.0 Å². The van der Waals surface area contributed by atoms with Crippen molar-refractivity contribution in [1.82, 2.24) is 5.43 Å². The van der Waals surface area contributed by atoms with Gasteiger partial charge in [-0.3, -0.25) is 11.3 Å². The Balaban J connectivity index is 2.33. The van der Waals surface area contributed by atoms with Gasteiger partial charge in [-0.1, -0.05) is 11.6 Å². The molecule has 6 heteroatoms. The molecular formula is C14H12ClF3N2. The number of hydrogen-bond acceptors (Lipinski definition) is 2. The van der Waals surface area contributed by atoms with E-state index in [1.54, 1.807) is 0 Å². The van der Waals surface area contributed by atoms with E-state index in [1.165, 1.54) is 18.2 Å². The van der Waals surface area contributed by atoms with Crippen LogP contribution >= 0.6 is 11.6 Å². The predicted octanol–water partition coefficient (Wildman–Crippen LogP) is 3.50. The van der Waals surface area contributed by atoms with Crippen LogP contribution in [0.2, 0.25) is 5.02 Å². The molecule has 1 atom stereocenters. The lowest BCUT2D eigenvalue weighted by molar-refractivity contribution is 0.492. The molecule has 0 amide bonds. The highest BCUT2D eigenvalue weighted by molar-refractivity contribution is 6.30. The predicted molar refractivity (Wildman–Crippen MR) is 71.5 cm³/mol. The van der Waals surface area contributed by atoms with Gasteiger partial charge in [-0.05, 0) is 48.4 Å². The van der Waals surface area contributed by atoms with Crippen molar-refractivity contribution in [3.63, 3.8) is 0 Å². The summed E-state index contributed by atoms with van der Waals surface area (Å²) in [5, 5.41) is 0.358. The summed E-state index contributed by atoms with van der Waals surface area (Å²) in [5.41, 5.74) is 2.67. The van der Waals surface area contributed by atoms with Gasteiger partial charge in [0.05, 0.1) is 6.04 Å². The fraction of sp³-hybridized carbons (Fsp3) is 0.143. The van der Waals surface area contributed by atoms with Crippen molar-refractivity contribution in [3.8, 4) is 0 Å². The van der Waals surface area contributed by atoms with Gasteiger partial charge in [-0.2, -0.15) is 0 Å². The van der Waals surface area contributed by atoms with Gasteiger partial charge < -0.3 is 0 Å². The molecule has 0 aliphatic carbocycles. The van der Waals surface area contributed by atoms with Gasteiger partial charge in [-0.15, -0.1) is 0 Å². The summed E-state index contributed by atoms with van der Waals surface area (Å²) in [6.07, 6.45) is 0.0449. The summed E-state index contributed by atoms with van der Waals surface area (Å²) in [5.74, 6) is 3.68. The van der Waals surface area contributed by atoms with Crippen LogP contribution in [0.5, 0.6) is 0 Å². The molecule has 2 aromatic rings.